The van der Waals surface area contributed by atoms with Gasteiger partial charge in [-0.05, 0) is 17.7 Å². The molecule has 2 rings (SSSR count). The van der Waals surface area contributed by atoms with Crippen LogP contribution in [-0.4, -0.2) is 28.6 Å². The average molecular weight is 300 g/mol. The Morgan fingerprint density at radius 1 is 1.14 bits per heavy atom. The van der Waals surface area contributed by atoms with Crippen molar-refractivity contribution in [3.8, 4) is 0 Å². The average Bonchev–Trinajstić information content (AvgIpc) is 2.53. The zero-order valence-corrected chi connectivity index (χ0v) is 11.8. The number of aliphatic hydroxyl groups is 1. The van der Waals surface area contributed by atoms with E-state index in [9.17, 15) is 20.0 Å². The topological polar surface area (TPSA) is 92.5 Å². The third-order valence-electron chi connectivity index (χ3n) is 3.15. The third-order valence-corrected chi connectivity index (χ3v) is 3.15. The van der Waals surface area contributed by atoms with E-state index >= 15 is 0 Å². The van der Waals surface area contributed by atoms with Gasteiger partial charge in [0, 0.05) is 30.7 Å². The minimum Gasteiger partial charge on any atom is -0.391 e. The lowest BCUT2D eigenvalue weighted by Gasteiger charge is -2.12. The summed E-state index contributed by atoms with van der Waals surface area (Å²) in [7, 11) is 0. The summed E-state index contributed by atoms with van der Waals surface area (Å²) < 4.78 is 0. The van der Waals surface area contributed by atoms with Gasteiger partial charge in [-0.25, -0.2) is 0 Å². The molecule has 0 fully saturated rings. The fourth-order valence-corrected chi connectivity index (χ4v) is 2.01. The molecule has 0 heterocycles. The molecule has 0 aliphatic carbocycles. The van der Waals surface area contributed by atoms with Gasteiger partial charge >= 0.3 is 0 Å². The predicted molar refractivity (Wildman–Crippen MR) is 81.6 cm³/mol. The van der Waals surface area contributed by atoms with Gasteiger partial charge in [0.2, 0.25) is 0 Å². The Labute approximate surface area is 127 Å². The maximum Gasteiger partial charge on any atom is 0.269 e. The number of nitrogens with zero attached hydrogens (tertiary/aromatic N) is 1. The van der Waals surface area contributed by atoms with Crippen molar-refractivity contribution in [1.29, 1.82) is 0 Å². The van der Waals surface area contributed by atoms with Crippen LogP contribution in [0.25, 0.3) is 0 Å². The molecule has 0 saturated heterocycles. The number of hydrogen-bond acceptors (Lipinski definition) is 4. The minimum atomic E-state index is -0.690. The lowest BCUT2D eigenvalue weighted by molar-refractivity contribution is -0.384. The summed E-state index contributed by atoms with van der Waals surface area (Å²) in [5, 5.41) is 23.1. The predicted octanol–water partition coefficient (Wildman–Crippen LogP) is 1.93. The molecule has 0 aliphatic rings. The molecule has 1 amide bonds. The molecule has 0 aromatic heterocycles. The van der Waals surface area contributed by atoms with Crippen LogP contribution < -0.4 is 5.32 Å². The summed E-state index contributed by atoms with van der Waals surface area (Å²) >= 11 is 0. The number of benzene rings is 2. The highest BCUT2D eigenvalue weighted by atomic mass is 16.6. The van der Waals surface area contributed by atoms with Crippen molar-refractivity contribution in [3.63, 3.8) is 0 Å². The Morgan fingerprint density at radius 2 is 1.77 bits per heavy atom. The van der Waals surface area contributed by atoms with Crippen LogP contribution in [0.1, 0.15) is 15.9 Å². The second kappa shape index (κ2) is 7.33. The SMILES string of the molecule is O=C(NCC(O)Cc1ccccc1)c1ccc([N+](=O)[O-])cc1. The van der Waals surface area contributed by atoms with E-state index in [-0.39, 0.29) is 18.1 Å². The number of hydrogen-bond donors (Lipinski definition) is 2. The molecule has 0 bridgehead atoms. The van der Waals surface area contributed by atoms with Gasteiger partial charge in [-0.1, -0.05) is 30.3 Å². The zero-order valence-electron chi connectivity index (χ0n) is 11.8. The van der Waals surface area contributed by atoms with E-state index in [2.05, 4.69) is 5.32 Å². The van der Waals surface area contributed by atoms with Gasteiger partial charge in [0.15, 0.2) is 0 Å². The molecular formula is C16H16N2O4. The van der Waals surface area contributed by atoms with Gasteiger partial charge < -0.3 is 10.4 Å². The number of rotatable bonds is 6. The summed E-state index contributed by atoms with van der Waals surface area (Å²) in [6, 6.07) is 14.8. The molecule has 1 atom stereocenters. The highest BCUT2D eigenvalue weighted by molar-refractivity contribution is 5.94. The second-order valence-corrected chi connectivity index (χ2v) is 4.86. The van der Waals surface area contributed by atoms with Crippen LogP contribution in [0.2, 0.25) is 0 Å². The summed E-state index contributed by atoms with van der Waals surface area (Å²) in [4.78, 5) is 21.9. The van der Waals surface area contributed by atoms with Crippen molar-refractivity contribution in [2.24, 2.45) is 0 Å². The first-order valence-electron chi connectivity index (χ1n) is 6.81. The smallest absolute Gasteiger partial charge is 0.269 e. The number of nitro groups is 1. The Morgan fingerprint density at radius 3 is 2.36 bits per heavy atom. The highest BCUT2D eigenvalue weighted by Gasteiger charge is 2.11. The third kappa shape index (κ3) is 4.39. The van der Waals surface area contributed by atoms with Crippen molar-refractivity contribution in [3.05, 3.63) is 75.8 Å². The number of aliphatic hydroxyl groups excluding tert-OH is 1. The minimum absolute atomic E-state index is 0.0688. The largest absolute Gasteiger partial charge is 0.391 e. The van der Waals surface area contributed by atoms with Gasteiger partial charge in [0.25, 0.3) is 11.6 Å². The Hall–Kier alpha value is -2.73. The standard InChI is InChI=1S/C16H16N2O4/c19-15(10-12-4-2-1-3-5-12)11-17-16(20)13-6-8-14(9-7-13)18(21)22/h1-9,15,19H,10-11H2,(H,17,20). The maximum atomic E-state index is 11.9. The van der Waals surface area contributed by atoms with E-state index in [0.717, 1.165) is 5.56 Å². The molecule has 0 radical (unpaired) electrons. The summed E-state index contributed by atoms with van der Waals surface area (Å²) in [6.07, 6.45) is -0.245. The van der Waals surface area contributed by atoms with Crippen LogP contribution in [0.5, 0.6) is 0 Å². The number of nitrogens with one attached hydrogen (secondary N) is 1. The Kier molecular flexibility index (Phi) is 5.21. The van der Waals surface area contributed by atoms with Crippen LogP contribution >= 0.6 is 0 Å². The van der Waals surface area contributed by atoms with Gasteiger partial charge in [0.1, 0.15) is 0 Å². The second-order valence-electron chi connectivity index (χ2n) is 4.86. The Bertz CT molecular complexity index is 641. The first-order chi connectivity index (χ1) is 10.6. The molecule has 0 spiro atoms. The van der Waals surface area contributed by atoms with Crippen molar-refractivity contribution in [2.45, 2.75) is 12.5 Å². The maximum absolute atomic E-state index is 11.9. The molecule has 114 valence electrons. The molecule has 6 heteroatoms. The van der Waals surface area contributed by atoms with E-state index in [0.29, 0.717) is 12.0 Å². The van der Waals surface area contributed by atoms with Crippen LogP contribution in [0.3, 0.4) is 0 Å². The van der Waals surface area contributed by atoms with E-state index in [1.54, 1.807) is 0 Å². The first kappa shape index (κ1) is 15.7. The molecule has 2 aromatic rings. The summed E-state index contributed by atoms with van der Waals surface area (Å²) in [5.74, 6) is -0.373. The molecule has 2 N–H and O–H groups in total. The lowest BCUT2D eigenvalue weighted by Crippen LogP contribution is -2.33. The van der Waals surface area contributed by atoms with Gasteiger partial charge in [-0.2, -0.15) is 0 Å². The number of non-ortho nitro benzene ring substituents is 1. The first-order valence-corrected chi connectivity index (χ1v) is 6.81. The fraction of sp³-hybridized carbons (Fsp3) is 0.188. The van der Waals surface area contributed by atoms with Crippen molar-refractivity contribution in [1.82, 2.24) is 5.32 Å². The van der Waals surface area contributed by atoms with E-state index in [1.807, 2.05) is 30.3 Å². The van der Waals surface area contributed by atoms with E-state index < -0.39 is 11.0 Å². The number of carbonyl (C=O) groups is 1. The molecule has 0 saturated carbocycles. The van der Waals surface area contributed by atoms with Gasteiger partial charge in [-0.3, -0.25) is 14.9 Å². The monoisotopic (exact) mass is 300 g/mol. The normalized spacial score (nSPS) is 11.7. The summed E-state index contributed by atoms with van der Waals surface area (Å²) in [5.41, 5.74) is 1.23. The van der Waals surface area contributed by atoms with Gasteiger partial charge in [0.05, 0.1) is 11.0 Å². The van der Waals surface area contributed by atoms with Crippen molar-refractivity contribution in [2.75, 3.05) is 6.54 Å². The van der Waals surface area contributed by atoms with Crippen LogP contribution in [0, 0.1) is 10.1 Å². The van der Waals surface area contributed by atoms with E-state index in [1.165, 1.54) is 24.3 Å². The van der Waals surface area contributed by atoms with Crippen LogP contribution in [0.15, 0.2) is 54.6 Å². The quantitative estimate of drug-likeness (QED) is 0.629. The summed E-state index contributed by atoms with van der Waals surface area (Å²) in [6.45, 7) is 0.116. The zero-order chi connectivity index (χ0) is 15.9. The van der Waals surface area contributed by atoms with E-state index in [4.69, 9.17) is 0 Å². The fourth-order valence-electron chi connectivity index (χ4n) is 2.01. The molecule has 22 heavy (non-hydrogen) atoms. The molecular weight excluding hydrogens is 284 g/mol. The molecule has 2 aromatic carbocycles. The van der Waals surface area contributed by atoms with Crippen LogP contribution in [-0.2, 0) is 6.42 Å². The highest BCUT2D eigenvalue weighted by Crippen LogP contribution is 2.11. The number of amides is 1. The lowest BCUT2D eigenvalue weighted by atomic mass is 10.1. The van der Waals surface area contributed by atoms with Crippen molar-refractivity contribution < 1.29 is 14.8 Å². The molecule has 6 nitrogen and oxygen atoms in total. The van der Waals surface area contributed by atoms with Crippen LogP contribution in [0.4, 0.5) is 5.69 Å². The van der Waals surface area contributed by atoms with Crippen molar-refractivity contribution >= 4 is 11.6 Å². The molecule has 0 aliphatic heterocycles. The molecule has 1 unspecified atom stereocenters. The number of carbonyl (C=O) groups excluding carboxylic acids is 1. The Balaban J connectivity index is 1.85. The number of nitro benzene ring substituents is 1. The van der Waals surface area contributed by atoms with Gasteiger partial charge in [-0.15, -0.1) is 0 Å².